The molecule has 1 fully saturated rings. The van der Waals surface area contributed by atoms with Gasteiger partial charge in [0.1, 0.15) is 17.4 Å². The minimum Gasteiger partial charge on any atom is -0.444 e. The van der Waals surface area contributed by atoms with Crippen LogP contribution in [0.3, 0.4) is 0 Å². The maximum Gasteiger partial charge on any atom is 0.240 e. The van der Waals surface area contributed by atoms with E-state index in [0.29, 0.717) is 24.4 Å². The molecule has 0 atom stereocenters. The Morgan fingerprint density at radius 3 is 2.52 bits per heavy atom. The molecule has 0 radical (unpaired) electrons. The third-order valence-corrected chi connectivity index (χ3v) is 5.13. The molecule has 2 heterocycles. The number of piperidine rings is 1. The Hall–Kier alpha value is -2.91. The number of likely N-dealkylation sites (tertiary alicyclic amines) is 1. The zero-order valence-corrected chi connectivity index (χ0v) is 15.6. The summed E-state index contributed by atoms with van der Waals surface area (Å²) in [5, 5.41) is 11.9. The molecule has 3 rings (SSSR count). The zero-order chi connectivity index (χ0) is 19.4. The fourth-order valence-corrected chi connectivity index (χ4v) is 3.41. The third kappa shape index (κ3) is 4.26. The van der Waals surface area contributed by atoms with Crippen LogP contribution in [0.2, 0.25) is 0 Å². The summed E-state index contributed by atoms with van der Waals surface area (Å²) in [7, 11) is 0. The van der Waals surface area contributed by atoms with Gasteiger partial charge in [0.25, 0.3) is 0 Å². The van der Waals surface area contributed by atoms with Crippen molar-refractivity contribution in [3.05, 3.63) is 52.8 Å². The summed E-state index contributed by atoms with van der Waals surface area (Å²) >= 11 is 0. The lowest BCUT2D eigenvalue weighted by Crippen LogP contribution is -2.40. The summed E-state index contributed by atoms with van der Waals surface area (Å²) in [6.07, 6.45) is 1.48. The summed E-state index contributed by atoms with van der Waals surface area (Å²) in [4.78, 5) is 26.9. The molecule has 1 N–H and O–H groups in total. The van der Waals surface area contributed by atoms with Crippen molar-refractivity contribution in [2.45, 2.75) is 26.7 Å². The number of hydrogen-bond donors (Lipinski definition) is 1. The Morgan fingerprint density at radius 1 is 1.22 bits per heavy atom. The number of benzene rings is 1. The van der Waals surface area contributed by atoms with Crippen LogP contribution in [0.25, 0.3) is 0 Å². The number of carbonyl (C=O) groups excluding carboxylic acids is 2. The largest absolute Gasteiger partial charge is 0.444 e. The van der Waals surface area contributed by atoms with E-state index in [9.17, 15) is 14.9 Å². The number of nitrogens with zero attached hydrogens (tertiary/aromatic N) is 2. The minimum atomic E-state index is -0.215. The quantitative estimate of drug-likeness (QED) is 0.822. The second kappa shape index (κ2) is 8.19. The molecule has 6 heteroatoms. The average molecular weight is 365 g/mol. The van der Waals surface area contributed by atoms with Crippen LogP contribution < -0.4 is 5.32 Å². The lowest BCUT2D eigenvalue weighted by molar-refractivity contribution is -0.117. The Bertz CT molecular complexity index is 872. The maximum absolute atomic E-state index is 12.5. The standard InChI is InChI=1S/C21H23N3O3/c1-14-15(2)27-21(18(14)12-22)23-19(25)13-24-10-8-17(9-11-24)20(26)16-6-4-3-5-7-16/h3-7,17H,8-11,13H2,1-2H3,(H,23,25). The van der Waals surface area contributed by atoms with Gasteiger partial charge in [-0.15, -0.1) is 0 Å². The monoisotopic (exact) mass is 365 g/mol. The minimum absolute atomic E-state index is 0.00674. The van der Waals surface area contributed by atoms with Crippen LogP contribution in [0.1, 0.15) is 40.1 Å². The molecule has 6 nitrogen and oxygen atoms in total. The predicted octanol–water partition coefficient (Wildman–Crippen LogP) is 3.30. The molecule has 27 heavy (non-hydrogen) atoms. The average Bonchev–Trinajstić information content (AvgIpc) is 2.95. The molecule has 0 saturated carbocycles. The Kier molecular flexibility index (Phi) is 5.72. The van der Waals surface area contributed by atoms with E-state index in [1.807, 2.05) is 35.2 Å². The number of anilines is 1. The van der Waals surface area contributed by atoms with Gasteiger partial charge >= 0.3 is 0 Å². The maximum atomic E-state index is 12.5. The number of carbonyl (C=O) groups is 2. The SMILES string of the molecule is Cc1oc(NC(=O)CN2CCC(C(=O)c3ccccc3)CC2)c(C#N)c1C. The smallest absolute Gasteiger partial charge is 0.240 e. The van der Waals surface area contributed by atoms with Gasteiger partial charge in [0.05, 0.1) is 6.54 Å². The van der Waals surface area contributed by atoms with Crippen molar-refractivity contribution in [1.82, 2.24) is 4.90 Å². The summed E-state index contributed by atoms with van der Waals surface area (Å²) in [5.41, 5.74) is 1.86. The van der Waals surface area contributed by atoms with E-state index in [0.717, 1.165) is 24.0 Å². The summed E-state index contributed by atoms with van der Waals surface area (Å²) < 4.78 is 5.48. The Balaban J connectivity index is 1.52. The highest BCUT2D eigenvalue weighted by molar-refractivity contribution is 5.98. The first-order valence-corrected chi connectivity index (χ1v) is 9.11. The van der Waals surface area contributed by atoms with E-state index in [2.05, 4.69) is 11.4 Å². The van der Waals surface area contributed by atoms with E-state index in [4.69, 9.17) is 4.42 Å². The summed E-state index contributed by atoms with van der Waals surface area (Å²) in [6, 6.07) is 11.4. The molecule has 1 saturated heterocycles. The number of aryl methyl sites for hydroxylation is 1. The molecule has 0 aliphatic carbocycles. The molecule has 2 aromatic rings. The number of amides is 1. The highest BCUT2D eigenvalue weighted by atomic mass is 16.4. The summed E-state index contributed by atoms with van der Waals surface area (Å²) in [6.45, 7) is 5.16. The first kappa shape index (κ1) is 18.9. The number of ketones is 1. The number of nitrogens with one attached hydrogen (secondary N) is 1. The molecular formula is C21H23N3O3. The van der Waals surface area contributed by atoms with Crippen molar-refractivity contribution in [2.75, 3.05) is 25.0 Å². The first-order chi connectivity index (χ1) is 13.0. The van der Waals surface area contributed by atoms with Crippen molar-refractivity contribution < 1.29 is 14.0 Å². The molecule has 1 amide bonds. The van der Waals surface area contributed by atoms with Crippen molar-refractivity contribution in [3.63, 3.8) is 0 Å². The van der Waals surface area contributed by atoms with E-state index >= 15 is 0 Å². The van der Waals surface area contributed by atoms with Crippen LogP contribution in [0.5, 0.6) is 0 Å². The topological polar surface area (TPSA) is 86.3 Å². The van der Waals surface area contributed by atoms with E-state index in [-0.39, 0.29) is 30.0 Å². The van der Waals surface area contributed by atoms with Gasteiger partial charge in [-0.05, 0) is 39.8 Å². The fraction of sp³-hybridized carbons (Fsp3) is 0.381. The van der Waals surface area contributed by atoms with Gasteiger partial charge in [-0.1, -0.05) is 30.3 Å². The van der Waals surface area contributed by atoms with Gasteiger partial charge in [-0.25, -0.2) is 0 Å². The van der Waals surface area contributed by atoms with E-state index in [1.165, 1.54) is 0 Å². The molecule has 1 aromatic heterocycles. The lowest BCUT2D eigenvalue weighted by atomic mass is 9.89. The van der Waals surface area contributed by atoms with Crippen LogP contribution >= 0.6 is 0 Å². The number of furan rings is 1. The van der Waals surface area contributed by atoms with Crippen LogP contribution in [0.15, 0.2) is 34.7 Å². The van der Waals surface area contributed by atoms with E-state index in [1.54, 1.807) is 13.8 Å². The van der Waals surface area contributed by atoms with Gasteiger partial charge < -0.3 is 4.42 Å². The second-order valence-corrected chi connectivity index (χ2v) is 6.93. The van der Waals surface area contributed by atoms with Crippen LogP contribution in [-0.4, -0.2) is 36.2 Å². The Morgan fingerprint density at radius 2 is 1.89 bits per heavy atom. The molecule has 140 valence electrons. The van der Waals surface area contributed by atoms with Crippen LogP contribution in [0, 0.1) is 31.1 Å². The zero-order valence-electron chi connectivity index (χ0n) is 15.6. The predicted molar refractivity (Wildman–Crippen MR) is 101 cm³/mol. The van der Waals surface area contributed by atoms with Crippen molar-refractivity contribution >= 4 is 17.6 Å². The molecule has 1 aromatic carbocycles. The van der Waals surface area contributed by atoms with Crippen molar-refractivity contribution in [2.24, 2.45) is 5.92 Å². The second-order valence-electron chi connectivity index (χ2n) is 6.93. The third-order valence-electron chi connectivity index (χ3n) is 5.13. The molecule has 0 spiro atoms. The van der Waals surface area contributed by atoms with Crippen LogP contribution in [0.4, 0.5) is 5.88 Å². The van der Waals surface area contributed by atoms with E-state index < -0.39 is 0 Å². The highest BCUT2D eigenvalue weighted by Crippen LogP contribution is 2.26. The fourth-order valence-electron chi connectivity index (χ4n) is 3.41. The lowest BCUT2D eigenvalue weighted by Gasteiger charge is -2.30. The molecule has 0 unspecified atom stereocenters. The normalized spacial score (nSPS) is 15.3. The molecule has 1 aliphatic heterocycles. The van der Waals surface area contributed by atoms with Crippen LogP contribution in [-0.2, 0) is 4.79 Å². The van der Waals surface area contributed by atoms with Gasteiger partial charge in [-0.3, -0.25) is 19.8 Å². The van der Waals surface area contributed by atoms with Gasteiger partial charge in [-0.2, -0.15) is 5.26 Å². The van der Waals surface area contributed by atoms with Gasteiger partial charge in [0.2, 0.25) is 11.8 Å². The Labute approximate surface area is 158 Å². The van der Waals surface area contributed by atoms with Crippen molar-refractivity contribution in [1.29, 1.82) is 5.26 Å². The molecule has 0 bridgehead atoms. The first-order valence-electron chi connectivity index (χ1n) is 9.11. The number of nitriles is 1. The van der Waals surface area contributed by atoms with Crippen molar-refractivity contribution in [3.8, 4) is 6.07 Å². The molecule has 1 aliphatic rings. The highest BCUT2D eigenvalue weighted by Gasteiger charge is 2.27. The summed E-state index contributed by atoms with van der Waals surface area (Å²) in [5.74, 6) is 0.814. The number of hydrogen-bond acceptors (Lipinski definition) is 5. The molecular weight excluding hydrogens is 342 g/mol. The van der Waals surface area contributed by atoms with Gasteiger partial charge in [0, 0.05) is 17.0 Å². The number of rotatable bonds is 5. The number of Topliss-reactive ketones (excluding diaryl/α,β-unsaturated/α-hetero) is 1. The van der Waals surface area contributed by atoms with Gasteiger partial charge in [0.15, 0.2) is 5.78 Å².